The molecule has 1 unspecified atom stereocenters. The first-order chi connectivity index (χ1) is 19.7. The topological polar surface area (TPSA) is 79.5 Å². The van der Waals surface area contributed by atoms with Crippen LogP contribution in [0.15, 0.2) is 53.1 Å². The molecule has 3 aromatic rings. The standard InChI is InChI=1S/C29H30F7N3O3/c1-28(32,33)27-37-23(38-42-27)8-3-2-4-13-39(26(41)20-14-21(15-20)29(34,35)36)22-7-5-6-19(16-22)17-9-11-18(12-10-17)24(40)25(30)31/h5-7,9-12,16,20-21,24-25,40H,2-4,8,13-15H2,1H3. The lowest BCUT2D eigenvalue weighted by atomic mass is 9.73. The normalized spacial score (nSPS) is 18.1. The number of carbonyl (C=O) groups is 1. The van der Waals surface area contributed by atoms with E-state index in [1.54, 1.807) is 36.4 Å². The number of unbranched alkanes of at least 4 members (excludes halogenated alkanes) is 2. The third kappa shape index (κ3) is 7.67. The molecule has 4 rings (SSSR count). The molecule has 42 heavy (non-hydrogen) atoms. The summed E-state index contributed by atoms with van der Waals surface area (Å²) in [6, 6.07) is 12.7. The minimum atomic E-state index is -4.36. The zero-order valence-electron chi connectivity index (χ0n) is 22.6. The van der Waals surface area contributed by atoms with E-state index in [2.05, 4.69) is 14.7 Å². The molecule has 1 aromatic heterocycles. The van der Waals surface area contributed by atoms with Crippen LogP contribution in [0.5, 0.6) is 0 Å². The Morgan fingerprint density at radius 1 is 1.02 bits per heavy atom. The molecule has 0 spiro atoms. The van der Waals surface area contributed by atoms with E-state index in [0.717, 1.165) is 0 Å². The zero-order valence-corrected chi connectivity index (χ0v) is 22.6. The largest absolute Gasteiger partial charge is 0.391 e. The first-order valence-corrected chi connectivity index (χ1v) is 13.5. The van der Waals surface area contributed by atoms with Crippen molar-refractivity contribution in [3.63, 3.8) is 0 Å². The van der Waals surface area contributed by atoms with Crippen molar-refractivity contribution in [3.8, 4) is 11.1 Å². The Kier molecular flexibility index (Phi) is 9.59. The van der Waals surface area contributed by atoms with Crippen molar-refractivity contribution < 1.29 is 45.2 Å². The molecular weight excluding hydrogens is 571 g/mol. The van der Waals surface area contributed by atoms with Gasteiger partial charge in [0.05, 0.1) is 5.92 Å². The minimum Gasteiger partial charge on any atom is -0.382 e. The molecule has 0 saturated heterocycles. The average molecular weight is 602 g/mol. The van der Waals surface area contributed by atoms with Gasteiger partial charge in [0.2, 0.25) is 5.91 Å². The van der Waals surface area contributed by atoms with Gasteiger partial charge in [-0.15, -0.1) is 0 Å². The van der Waals surface area contributed by atoms with Crippen molar-refractivity contribution in [2.75, 3.05) is 11.4 Å². The van der Waals surface area contributed by atoms with Crippen LogP contribution >= 0.6 is 0 Å². The lowest BCUT2D eigenvalue weighted by molar-refractivity contribution is -0.204. The number of carbonyl (C=O) groups excluding carboxylic acids is 1. The molecule has 1 fully saturated rings. The van der Waals surface area contributed by atoms with Gasteiger partial charge in [0, 0.05) is 31.5 Å². The Labute approximate surface area is 237 Å². The lowest BCUT2D eigenvalue weighted by Gasteiger charge is -2.38. The summed E-state index contributed by atoms with van der Waals surface area (Å²) in [5, 5.41) is 13.1. The number of hydrogen-bond acceptors (Lipinski definition) is 5. The van der Waals surface area contributed by atoms with Crippen molar-refractivity contribution >= 4 is 11.6 Å². The van der Waals surface area contributed by atoms with Gasteiger partial charge in [-0.1, -0.05) is 48.0 Å². The van der Waals surface area contributed by atoms with Crippen molar-refractivity contribution in [1.82, 2.24) is 10.1 Å². The van der Waals surface area contributed by atoms with Crippen molar-refractivity contribution in [3.05, 3.63) is 65.8 Å². The van der Waals surface area contributed by atoms with E-state index in [9.17, 15) is 40.6 Å². The number of amides is 1. The Balaban J connectivity index is 1.45. The number of aryl methyl sites for hydroxylation is 1. The second-order valence-electron chi connectivity index (χ2n) is 10.6. The molecule has 1 heterocycles. The maximum Gasteiger partial charge on any atom is 0.391 e. The Hall–Kier alpha value is -3.48. The van der Waals surface area contributed by atoms with Crippen LogP contribution in [0.25, 0.3) is 11.1 Å². The van der Waals surface area contributed by atoms with Gasteiger partial charge in [-0.05, 0) is 54.5 Å². The molecule has 0 bridgehead atoms. The Morgan fingerprint density at radius 2 is 1.71 bits per heavy atom. The number of hydrogen-bond donors (Lipinski definition) is 1. The molecule has 1 N–H and O–H groups in total. The van der Waals surface area contributed by atoms with E-state index in [4.69, 9.17) is 0 Å². The van der Waals surface area contributed by atoms with E-state index < -0.39 is 48.3 Å². The Bertz CT molecular complexity index is 1330. The number of aromatic nitrogens is 2. The highest BCUT2D eigenvalue weighted by Gasteiger charge is 2.50. The van der Waals surface area contributed by atoms with Crippen LogP contribution in [-0.2, 0) is 17.1 Å². The third-order valence-corrected chi connectivity index (χ3v) is 7.32. The van der Waals surface area contributed by atoms with Gasteiger partial charge in [0.15, 0.2) is 5.82 Å². The van der Waals surface area contributed by atoms with Gasteiger partial charge >= 0.3 is 12.1 Å². The summed E-state index contributed by atoms with van der Waals surface area (Å²) in [5.41, 5.74) is 1.79. The second kappa shape index (κ2) is 12.8. The van der Waals surface area contributed by atoms with Crippen LogP contribution in [0.3, 0.4) is 0 Å². The highest BCUT2D eigenvalue weighted by molar-refractivity contribution is 5.96. The molecule has 0 aliphatic heterocycles. The molecule has 13 heteroatoms. The van der Waals surface area contributed by atoms with E-state index in [1.807, 2.05) is 0 Å². The smallest absolute Gasteiger partial charge is 0.382 e. The summed E-state index contributed by atoms with van der Waals surface area (Å²) in [4.78, 5) is 18.5. The lowest BCUT2D eigenvalue weighted by Crippen LogP contribution is -2.46. The summed E-state index contributed by atoms with van der Waals surface area (Å²) in [7, 11) is 0. The van der Waals surface area contributed by atoms with Crippen LogP contribution in [0, 0.1) is 11.8 Å². The average Bonchev–Trinajstić information content (AvgIpc) is 3.38. The number of nitrogens with zero attached hydrogens (tertiary/aromatic N) is 3. The predicted octanol–water partition coefficient (Wildman–Crippen LogP) is 7.48. The van der Waals surface area contributed by atoms with Crippen molar-refractivity contribution in [1.29, 1.82) is 0 Å². The van der Waals surface area contributed by atoms with E-state index >= 15 is 0 Å². The van der Waals surface area contributed by atoms with Crippen LogP contribution in [0.4, 0.5) is 36.4 Å². The molecule has 6 nitrogen and oxygen atoms in total. The maximum atomic E-state index is 13.4. The van der Waals surface area contributed by atoms with E-state index in [-0.39, 0.29) is 37.2 Å². The number of aliphatic hydroxyl groups excluding tert-OH is 1. The number of halogens is 7. The SMILES string of the molecule is CC(F)(F)c1nc(CCCCCN(C(=O)C2CC(C(F)(F)F)C2)c2cccc(-c3ccc(C(O)C(F)F)cc3)c2)no1. The van der Waals surface area contributed by atoms with Gasteiger partial charge < -0.3 is 14.5 Å². The first-order valence-electron chi connectivity index (χ1n) is 13.5. The molecule has 1 aliphatic carbocycles. The summed E-state index contributed by atoms with van der Waals surface area (Å²) in [6.07, 6.45) is -7.97. The quantitative estimate of drug-likeness (QED) is 0.172. The maximum absolute atomic E-state index is 13.4. The molecular formula is C29H30F7N3O3. The number of benzene rings is 2. The predicted molar refractivity (Wildman–Crippen MR) is 139 cm³/mol. The summed E-state index contributed by atoms with van der Waals surface area (Å²) in [5.74, 6) is -6.60. The Morgan fingerprint density at radius 3 is 2.31 bits per heavy atom. The highest BCUT2D eigenvalue weighted by Crippen LogP contribution is 2.46. The minimum absolute atomic E-state index is 0.0476. The van der Waals surface area contributed by atoms with Crippen LogP contribution < -0.4 is 4.90 Å². The van der Waals surface area contributed by atoms with Crippen molar-refractivity contribution in [2.24, 2.45) is 11.8 Å². The van der Waals surface area contributed by atoms with Gasteiger partial charge in [-0.2, -0.15) is 26.9 Å². The summed E-state index contributed by atoms with van der Waals surface area (Å²) >= 11 is 0. The second-order valence-corrected chi connectivity index (χ2v) is 10.6. The molecule has 228 valence electrons. The van der Waals surface area contributed by atoms with Gasteiger partial charge in [-0.3, -0.25) is 4.79 Å². The fourth-order valence-electron chi connectivity index (χ4n) is 4.81. The molecule has 1 amide bonds. The molecule has 1 atom stereocenters. The number of rotatable bonds is 12. The number of aliphatic hydroxyl groups is 1. The third-order valence-electron chi connectivity index (χ3n) is 7.32. The molecule has 0 radical (unpaired) electrons. The fourth-order valence-corrected chi connectivity index (χ4v) is 4.81. The van der Waals surface area contributed by atoms with Gasteiger partial charge in [-0.25, -0.2) is 8.78 Å². The highest BCUT2D eigenvalue weighted by atomic mass is 19.4. The summed E-state index contributed by atoms with van der Waals surface area (Å²) < 4.78 is 96.1. The fraction of sp³-hybridized carbons (Fsp3) is 0.483. The molecule has 1 saturated carbocycles. The zero-order chi connectivity index (χ0) is 30.7. The van der Waals surface area contributed by atoms with Gasteiger partial charge in [0.25, 0.3) is 12.3 Å². The number of alkyl halides is 7. The van der Waals surface area contributed by atoms with E-state index in [1.165, 1.54) is 17.0 Å². The number of anilines is 1. The van der Waals surface area contributed by atoms with Crippen LogP contribution in [0.2, 0.25) is 0 Å². The summed E-state index contributed by atoms with van der Waals surface area (Å²) in [6.45, 7) is 0.857. The molecule has 2 aromatic carbocycles. The first kappa shape index (κ1) is 31.5. The molecule has 1 aliphatic rings. The van der Waals surface area contributed by atoms with Crippen molar-refractivity contribution in [2.45, 2.75) is 70.1 Å². The van der Waals surface area contributed by atoms with E-state index in [0.29, 0.717) is 43.0 Å². The van der Waals surface area contributed by atoms with Crippen LogP contribution in [-0.4, -0.2) is 40.3 Å². The monoisotopic (exact) mass is 601 g/mol. The van der Waals surface area contributed by atoms with Gasteiger partial charge in [0.1, 0.15) is 6.10 Å². The van der Waals surface area contributed by atoms with Crippen LogP contribution in [0.1, 0.15) is 62.4 Å².